The summed E-state index contributed by atoms with van der Waals surface area (Å²) in [6.45, 7) is 4.35. The molecule has 1 atom stereocenters. The van der Waals surface area contributed by atoms with Crippen LogP contribution in [0.3, 0.4) is 0 Å². The molecule has 0 amide bonds. The van der Waals surface area contributed by atoms with Gasteiger partial charge in [0, 0.05) is 5.56 Å². The van der Waals surface area contributed by atoms with Gasteiger partial charge in [-0.3, -0.25) is 5.01 Å². The summed E-state index contributed by atoms with van der Waals surface area (Å²) in [5, 5.41) is 1.66. The standard InChI is InChI=1S/C26H23Cl2F3N2O2/c1-3-34-23-12-7-16(2)13-20(23)17-8-10-19(11-9-17)35-15-18-14-24(26(29,30)31)32-33(18)25-21(27)5-4-6-22(25)28/h4-14,24,32H,3,15H2,1-2H3. The molecule has 9 heteroatoms. The van der Waals surface area contributed by atoms with E-state index in [1.807, 2.05) is 44.2 Å². The molecular weight excluding hydrogens is 500 g/mol. The molecule has 0 fully saturated rings. The number of ether oxygens (including phenoxy) is 2. The smallest absolute Gasteiger partial charge is 0.409 e. The van der Waals surface area contributed by atoms with Crippen molar-refractivity contribution in [2.45, 2.75) is 26.1 Å². The van der Waals surface area contributed by atoms with Crippen molar-refractivity contribution in [1.82, 2.24) is 5.43 Å². The number of rotatable bonds is 7. The lowest BCUT2D eigenvalue weighted by molar-refractivity contribution is -0.142. The van der Waals surface area contributed by atoms with Crippen LogP contribution in [0.4, 0.5) is 18.9 Å². The van der Waals surface area contributed by atoms with Crippen LogP contribution in [0.2, 0.25) is 10.0 Å². The maximum absolute atomic E-state index is 13.5. The number of nitrogens with one attached hydrogen (secondary N) is 1. The van der Waals surface area contributed by atoms with Gasteiger partial charge in [-0.2, -0.15) is 13.2 Å². The fourth-order valence-electron chi connectivity index (χ4n) is 3.76. The molecule has 4 nitrogen and oxygen atoms in total. The first kappa shape index (κ1) is 25.2. The number of nitrogens with zero attached hydrogens (tertiary/aromatic N) is 1. The fraction of sp³-hybridized carbons (Fsp3) is 0.231. The molecule has 1 N–H and O–H groups in total. The number of alkyl halides is 3. The Morgan fingerprint density at radius 3 is 2.29 bits per heavy atom. The fourth-order valence-corrected chi connectivity index (χ4v) is 4.32. The van der Waals surface area contributed by atoms with Crippen molar-refractivity contribution in [3.05, 3.63) is 88.0 Å². The molecule has 0 spiro atoms. The number of hydrogen-bond acceptors (Lipinski definition) is 4. The second-order valence-corrected chi connectivity index (χ2v) is 8.77. The molecule has 0 aliphatic carbocycles. The van der Waals surface area contributed by atoms with Crippen molar-refractivity contribution in [2.75, 3.05) is 18.2 Å². The summed E-state index contributed by atoms with van der Waals surface area (Å²) in [6.07, 6.45) is -3.43. The highest BCUT2D eigenvalue weighted by molar-refractivity contribution is 6.39. The predicted octanol–water partition coefficient (Wildman–Crippen LogP) is 7.59. The first-order chi connectivity index (χ1) is 16.7. The summed E-state index contributed by atoms with van der Waals surface area (Å²) in [6, 6.07) is 16.1. The number of para-hydroxylation sites is 1. The van der Waals surface area contributed by atoms with Crippen LogP contribution in [0.15, 0.2) is 72.4 Å². The third-order valence-electron chi connectivity index (χ3n) is 5.42. The van der Waals surface area contributed by atoms with Crippen LogP contribution < -0.4 is 19.9 Å². The average Bonchev–Trinajstić information content (AvgIpc) is 3.24. The van der Waals surface area contributed by atoms with Crippen molar-refractivity contribution in [3.8, 4) is 22.6 Å². The van der Waals surface area contributed by atoms with E-state index in [-0.39, 0.29) is 28.0 Å². The summed E-state index contributed by atoms with van der Waals surface area (Å²) in [4.78, 5) is 0. The monoisotopic (exact) mass is 522 g/mol. The van der Waals surface area contributed by atoms with E-state index < -0.39 is 12.2 Å². The van der Waals surface area contributed by atoms with Crippen molar-refractivity contribution >= 4 is 28.9 Å². The van der Waals surface area contributed by atoms with Gasteiger partial charge in [-0.25, -0.2) is 5.43 Å². The van der Waals surface area contributed by atoms with Gasteiger partial charge in [0.2, 0.25) is 0 Å². The minimum atomic E-state index is -4.50. The third-order valence-corrected chi connectivity index (χ3v) is 6.03. The minimum absolute atomic E-state index is 0.130. The van der Waals surface area contributed by atoms with Crippen LogP contribution in [-0.2, 0) is 0 Å². The van der Waals surface area contributed by atoms with E-state index in [0.717, 1.165) is 28.5 Å². The zero-order valence-corrected chi connectivity index (χ0v) is 20.5. The van der Waals surface area contributed by atoms with Gasteiger partial charge < -0.3 is 9.47 Å². The molecule has 3 aromatic rings. The third kappa shape index (κ3) is 5.69. The van der Waals surface area contributed by atoms with E-state index in [1.54, 1.807) is 30.3 Å². The molecule has 1 unspecified atom stereocenters. The number of benzene rings is 3. The molecular formula is C26H23Cl2F3N2O2. The summed E-state index contributed by atoms with van der Waals surface area (Å²) in [7, 11) is 0. The minimum Gasteiger partial charge on any atom is -0.493 e. The molecule has 3 aromatic carbocycles. The maximum Gasteiger partial charge on any atom is 0.409 e. The highest BCUT2D eigenvalue weighted by Gasteiger charge is 2.44. The first-order valence-electron chi connectivity index (χ1n) is 10.9. The zero-order valence-electron chi connectivity index (χ0n) is 19.0. The molecule has 0 aromatic heterocycles. The number of aryl methyl sites for hydroxylation is 1. The van der Waals surface area contributed by atoms with Gasteiger partial charge in [0.1, 0.15) is 24.1 Å². The number of hydrazine groups is 1. The van der Waals surface area contributed by atoms with E-state index >= 15 is 0 Å². The van der Waals surface area contributed by atoms with Gasteiger partial charge >= 0.3 is 6.18 Å². The summed E-state index contributed by atoms with van der Waals surface area (Å²) >= 11 is 12.5. The lowest BCUT2D eigenvalue weighted by Crippen LogP contribution is -2.45. The Morgan fingerprint density at radius 1 is 0.971 bits per heavy atom. The van der Waals surface area contributed by atoms with Gasteiger partial charge in [-0.05, 0) is 61.9 Å². The van der Waals surface area contributed by atoms with Crippen LogP contribution in [-0.4, -0.2) is 25.4 Å². The summed E-state index contributed by atoms with van der Waals surface area (Å²) in [5.41, 5.74) is 5.88. The largest absolute Gasteiger partial charge is 0.493 e. The molecule has 35 heavy (non-hydrogen) atoms. The Balaban J connectivity index is 1.55. The molecule has 1 heterocycles. The lowest BCUT2D eigenvalue weighted by Gasteiger charge is -2.26. The van der Waals surface area contributed by atoms with Crippen molar-refractivity contribution in [3.63, 3.8) is 0 Å². The Kier molecular flexibility index (Phi) is 7.50. The second-order valence-electron chi connectivity index (χ2n) is 7.96. The Bertz CT molecular complexity index is 1210. The maximum atomic E-state index is 13.5. The van der Waals surface area contributed by atoms with Crippen molar-refractivity contribution < 1.29 is 22.6 Å². The topological polar surface area (TPSA) is 33.7 Å². The molecule has 1 aliphatic heterocycles. The second kappa shape index (κ2) is 10.4. The molecule has 184 valence electrons. The van der Waals surface area contributed by atoms with Gasteiger partial charge in [0.15, 0.2) is 0 Å². The normalized spacial score (nSPS) is 15.8. The highest BCUT2D eigenvalue weighted by atomic mass is 35.5. The molecule has 1 aliphatic rings. The van der Waals surface area contributed by atoms with Gasteiger partial charge in [-0.1, -0.05) is 53.0 Å². The lowest BCUT2D eigenvalue weighted by atomic mass is 10.0. The molecule has 0 saturated carbocycles. The zero-order chi connectivity index (χ0) is 25.2. The van der Waals surface area contributed by atoms with E-state index in [9.17, 15) is 13.2 Å². The predicted molar refractivity (Wildman–Crippen MR) is 133 cm³/mol. The first-order valence-corrected chi connectivity index (χ1v) is 11.7. The number of anilines is 1. The number of hydrogen-bond donors (Lipinski definition) is 1. The van der Waals surface area contributed by atoms with Crippen LogP contribution >= 0.6 is 23.2 Å². The van der Waals surface area contributed by atoms with Crippen molar-refractivity contribution in [2.24, 2.45) is 0 Å². The van der Waals surface area contributed by atoms with E-state index in [4.69, 9.17) is 32.7 Å². The summed E-state index contributed by atoms with van der Waals surface area (Å²) < 4.78 is 52.0. The highest BCUT2D eigenvalue weighted by Crippen LogP contribution is 2.38. The van der Waals surface area contributed by atoms with Crippen molar-refractivity contribution in [1.29, 1.82) is 0 Å². The van der Waals surface area contributed by atoms with E-state index in [0.29, 0.717) is 12.4 Å². The van der Waals surface area contributed by atoms with Crippen LogP contribution in [0.5, 0.6) is 11.5 Å². The Morgan fingerprint density at radius 2 is 1.66 bits per heavy atom. The average molecular weight is 523 g/mol. The molecule has 0 radical (unpaired) electrons. The molecule has 4 rings (SSSR count). The Hall–Kier alpha value is -2.87. The van der Waals surface area contributed by atoms with Gasteiger partial charge in [0.05, 0.1) is 28.0 Å². The van der Waals surface area contributed by atoms with Crippen LogP contribution in [0.25, 0.3) is 11.1 Å². The van der Waals surface area contributed by atoms with Gasteiger partial charge in [-0.15, -0.1) is 0 Å². The van der Waals surface area contributed by atoms with E-state index in [1.165, 1.54) is 5.01 Å². The Labute approximate surface area is 211 Å². The van der Waals surface area contributed by atoms with Crippen LogP contribution in [0, 0.1) is 6.92 Å². The van der Waals surface area contributed by atoms with E-state index in [2.05, 4.69) is 5.43 Å². The quantitative estimate of drug-likeness (QED) is 0.346. The van der Waals surface area contributed by atoms with Gasteiger partial charge in [0.25, 0.3) is 0 Å². The number of halogens is 5. The van der Waals surface area contributed by atoms with Crippen LogP contribution in [0.1, 0.15) is 12.5 Å². The SMILES string of the molecule is CCOc1ccc(C)cc1-c1ccc(OCC2=CC(C(F)(F)F)NN2c2c(Cl)cccc2Cl)cc1. The summed E-state index contributed by atoms with van der Waals surface area (Å²) in [5.74, 6) is 1.28. The molecule has 0 bridgehead atoms. The molecule has 0 saturated heterocycles.